The van der Waals surface area contributed by atoms with E-state index in [0.717, 1.165) is 65.8 Å². The van der Waals surface area contributed by atoms with Crippen LogP contribution in [0.2, 0.25) is 0 Å². The first-order chi connectivity index (χ1) is 27.2. The minimum atomic E-state index is -4.12. The van der Waals surface area contributed by atoms with E-state index < -0.39 is 10.0 Å². The van der Waals surface area contributed by atoms with Crippen LogP contribution in [-0.4, -0.2) is 71.5 Å². The summed E-state index contributed by atoms with van der Waals surface area (Å²) < 4.78 is 32.3. The van der Waals surface area contributed by atoms with Gasteiger partial charge in [-0.3, -0.25) is 9.36 Å². The van der Waals surface area contributed by atoms with Gasteiger partial charge in [0, 0.05) is 54.4 Å². The quantitative estimate of drug-likeness (QED) is 0.109. The molecule has 2 aliphatic rings. The molecule has 9 rings (SSSR count). The highest BCUT2D eigenvalue weighted by Gasteiger charge is 2.28. The van der Waals surface area contributed by atoms with E-state index in [2.05, 4.69) is 28.9 Å². The van der Waals surface area contributed by atoms with Gasteiger partial charge in [-0.1, -0.05) is 61.0 Å². The third kappa shape index (κ3) is 6.32. The molecular weight excluding hydrogens is 719 g/mol. The minimum Gasteiger partial charge on any atom is -0.369 e. The van der Waals surface area contributed by atoms with Gasteiger partial charge in [-0.25, -0.2) is 22.4 Å². The summed E-state index contributed by atoms with van der Waals surface area (Å²) in [6.45, 7) is 6.97. The molecule has 7 aromatic rings. The Kier molecular flexibility index (Phi) is 9.18. The van der Waals surface area contributed by atoms with Crippen molar-refractivity contribution in [1.29, 1.82) is 0 Å². The second-order valence-corrected chi connectivity index (χ2v) is 16.5. The summed E-state index contributed by atoms with van der Waals surface area (Å²) in [5.41, 5.74) is 7.64. The maximum absolute atomic E-state index is 14.7. The zero-order chi connectivity index (χ0) is 38.6. The predicted octanol–water partition coefficient (Wildman–Crippen LogP) is 6.99. The third-order valence-electron chi connectivity index (χ3n) is 11.2. The molecule has 0 bridgehead atoms. The lowest BCUT2D eigenvalue weighted by molar-refractivity contribution is 0.409. The van der Waals surface area contributed by atoms with Crippen LogP contribution in [0.3, 0.4) is 0 Å². The van der Waals surface area contributed by atoms with Crippen LogP contribution in [0.5, 0.6) is 0 Å². The van der Waals surface area contributed by atoms with Gasteiger partial charge >= 0.3 is 0 Å². The largest absolute Gasteiger partial charge is 0.369 e. The highest BCUT2D eigenvalue weighted by molar-refractivity contribution is 7.90. The number of aromatic nitrogens is 4. The van der Waals surface area contributed by atoms with Crippen molar-refractivity contribution in [2.75, 3.05) is 31.1 Å². The Bertz CT molecular complexity index is 2810. The van der Waals surface area contributed by atoms with Crippen LogP contribution < -0.4 is 10.5 Å². The molecule has 1 radical (unpaired) electrons. The van der Waals surface area contributed by atoms with Gasteiger partial charge in [0.2, 0.25) is 0 Å². The van der Waals surface area contributed by atoms with Crippen molar-refractivity contribution in [3.63, 3.8) is 0 Å². The van der Waals surface area contributed by atoms with Crippen molar-refractivity contribution in [2.24, 2.45) is 0 Å². The number of aryl methyl sites for hydroxylation is 1. The van der Waals surface area contributed by atoms with E-state index in [4.69, 9.17) is 4.98 Å². The Labute approximate surface area is 326 Å². The number of piperazine rings is 1. The zero-order valence-electron chi connectivity index (χ0n) is 31.3. The van der Waals surface area contributed by atoms with Gasteiger partial charge in [-0.05, 0) is 103 Å². The van der Waals surface area contributed by atoms with E-state index in [0.29, 0.717) is 40.1 Å². The van der Waals surface area contributed by atoms with Crippen LogP contribution in [0.4, 0.5) is 5.69 Å². The SMILES string of the molecule is CCc1c(-c2ncnc3c2cc(-c2ccc(N4CCN([B]C=O)CC4)cc2)n3S(=O)(=O)c2ccc(C)cc2)cccc1-n1ccc2cc(C3CC3)ccc2c1=O. The van der Waals surface area contributed by atoms with Crippen molar-refractivity contribution in [3.05, 3.63) is 137 Å². The van der Waals surface area contributed by atoms with Crippen molar-refractivity contribution >= 4 is 51.1 Å². The maximum Gasteiger partial charge on any atom is 0.293 e. The lowest BCUT2D eigenvalue weighted by Gasteiger charge is -2.35. The monoisotopic (exact) mass is 759 g/mol. The van der Waals surface area contributed by atoms with Crippen LogP contribution >= 0.6 is 0 Å². The first kappa shape index (κ1) is 35.8. The molecule has 0 amide bonds. The van der Waals surface area contributed by atoms with E-state index in [1.54, 1.807) is 36.2 Å². The minimum absolute atomic E-state index is 0.0909. The second-order valence-electron chi connectivity index (χ2n) is 14.7. The van der Waals surface area contributed by atoms with Gasteiger partial charge in [0.25, 0.3) is 23.0 Å². The topological polar surface area (TPSA) is 110 Å². The van der Waals surface area contributed by atoms with E-state index in [1.165, 1.54) is 28.7 Å². The lowest BCUT2D eigenvalue weighted by Crippen LogP contribution is -2.48. The summed E-state index contributed by atoms with van der Waals surface area (Å²) >= 11 is 0. The maximum atomic E-state index is 14.7. The lowest BCUT2D eigenvalue weighted by atomic mass is 9.93. The zero-order valence-corrected chi connectivity index (χ0v) is 32.1. The summed E-state index contributed by atoms with van der Waals surface area (Å²) in [6, 6.07) is 30.6. The molecule has 1 saturated carbocycles. The fraction of sp³-hybridized carbons (Fsp3) is 0.227. The Morgan fingerprint density at radius 2 is 1.62 bits per heavy atom. The van der Waals surface area contributed by atoms with E-state index in [1.807, 2.05) is 78.6 Å². The second kappa shape index (κ2) is 14.3. The molecule has 1 aliphatic carbocycles. The van der Waals surface area contributed by atoms with Crippen LogP contribution in [-0.2, 0) is 21.2 Å². The molecule has 56 heavy (non-hydrogen) atoms. The number of benzene rings is 4. The molecule has 4 heterocycles. The van der Waals surface area contributed by atoms with Gasteiger partial charge in [-0.15, -0.1) is 0 Å². The number of nitrogens with zero attached hydrogens (tertiary/aromatic N) is 6. The summed E-state index contributed by atoms with van der Waals surface area (Å²) in [6.07, 6.45) is 7.08. The normalized spacial score (nSPS) is 15.1. The Morgan fingerprint density at radius 3 is 2.34 bits per heavy atom. The van der Waals surface area contributed by atoms with Crippen LogP contribution in [0.1, 0.15) is 42.4 Å². The number of hydrogen-bond donors (Lipinski definition) is 0. The number of carbonyl (C=O) groups excluding carboxylic acids is 1. The smallest absolute Gasteiger partial charge is 0.293 e. The molecule has 0 N–H and O–H groups in total. The predicted molar refractivity (Wildman–Crippen MR) is 223 cm³/mol. The first-order valence-electron chi connectivity index (χ1n) is 19.1. The molecule has 3 aromatic heterocycles. The molecule has 0 spiro atoms. The summed E-state index contributed by atoms with van der Waals surface area (Å²) in [7, 11) is -2.54. The molecule has 1 aliphatic heterocycles. The van der Waals surface area contributed by atoms with E-state index >= 15 is 0 Å². The van der Waals surface area contributed by atoms with Crippen LogP contribution in [0.25, 0.3) is 50.0 Å². The number of rotatable bonds is 10. The molecule has 0 atom stereocenters. The van der Waals surface area contributed by atoms with Gasteiger partial charge in [-0.2, -0.15) is 0 Å². The molecule has 10 nitrogen and oxygen atoms in total. The molecule has 0 unspecified atom stereocenters. The molecule has 4 aromatic carbocycles. The van der Waals surface area contributed by atoms with Crippen molar-refractivity contribution in [3.8, 4) is 28.2 Å². The molecule has 2 fully saturated rings. The van der Waals surface area contributed by atoms with Gasteiger partial charge in [0.1, 0.15) is 6.33 Å². The fourth-order valence-corrected chi connectivity index (χ4v) is 9.52. The summed E-state index contributed by atoms with van der Waals surface area (Å²) in [5, 5.41) is 2.19. The van der Waals surface area contributed by atoms with Crippen molar-refractivity contribution in [1.82, 2.24) is 23.3 Å². The Morgan fingerprint density at radius 1 is 0.857 bits per heavy atom. The number of anilines is 1. The average molecular weight is 760 g/mol. The molecule has 1 saturated heterocycles. The fourth-order valence-electron chi connectivity index (χ4n) is 8.04. The average Bonchev–Trinajstić information content (AvgIpc) is 4.00. The number of hydrogen-bond acceptors (Lipinski definition) is 8. The standard InChI is InChI=1S/C44H40BN6O4S/c1-3-36-38(5-4-6-40(36)50-20-19-33-25-32(30-9-10-30)13-18-37(33)44(50)53)42-39-26-41(31-11-14-34(15-12-31)48-21-23-49(24-22-48)45-27-52)51(43(39)47-28-46-42)56(54,55)35-16-7-29(2)8-17-35/h4-8,11-20,25-28,30H,3,9-10,21-24H2,1-2H3. The van der Waals surface area contributed by atoms with Gasteiger partial charge in [0.05, 0.1) is 28.2 Å². The Balaban J connectivity index is 1.18. The van der Waals surface area contributed by atoms with E-state index in [-0.39, 0.29) is 16.1 Å². The number of carbonyl (C=O) groups is 1. The molecular formula is C44H40BN6O4S. The Hall–Kier alpha value is -5.85. The van der Waals surface area contributed by atoms with Crippen molar-refractivity contribution in [2.45, 2.75) is 43.9 Å². The van der Waals surface area contributed by atoms with E-state index in [9.17, 15) is 18.0 Å². The van der Waals surface area contributed by atoms with Gasteiger partial charge in [0.15, 0.2) is 5.65 Å². The summed E-state index contributed by atoms with van der Waals surface area (Å²) in [4.78, 5) is 38.8. The number of pyridine rings is 1. The highest BCUT2D eigenvalue weighted by atomic mass is 32.2. The van der Waals surface area contributed by atoms with Crippen LogP contribution in [0.15, 0.2) is 119 Å². The number of fused-ring (bicyclic) bond motifs is 2. The van der Waals surface area contributed by atoms with Gasteiger partial charge < -0.3 is 14.5 Å². The highest BCUT2D eigenvalue weighted by Crippen LogP contribution is 2.41. The van der Waals surface area contributed by atoms with Crippen molar-refractivity contribution < 1.29 is 13.2 Å². The third-order valence-corrected chi connectivity index (χ3v) is 12.9. The molecule has 279 valence electrons. The first-order valence-corrected chi connectivity index (χ1v) is 20.5. The summed E-state index contributed by atoms with van der Waals surface area (Å²) in [5.74, 6) is 0.595. The van der Waals surface area contributed by atoms with Crippen LogP contribution in [0, 0.1) is 6.92 Å². The molecule has 12 heteroatoms.